The number of hydrogen-bond donors (Lipinski definition) is 0. The maximum atomic E-state index is 5.00. The smallest absolute Gasteiger partial charge is 0.171 e. The van der Waals surface area contributed by atoms with Crippen molar-refractivity contribution in [2.24, 2.45) is 0 Å². The second kappa shape index (κ2) is 2.43. The summed E-state index contributed by atoms with van der Waals surface area (Å²) in [5, 5.41) is 0. The van der Waals surface area contributed by atoms with Crippen LogP contribution < -0.4 is 4.90 Å². The molecule has 1 heterocycles. The van der Waals surface area contributed by atoms with E-state index in [4.69, 9.17) is 4.42 Å². The van der Waals surface area contributed by atoms with Crippen LogP contribution in [0.2, 0.25) is 0 Å². The van der Waals surface area contributed by atoms with Crippen molar-refractivity contribution in [3.8, 4) is 0 Å². The van der Waals surface area contributed by atoms with E-state index in [1.54, 1.807) is 6.26 Å². The van der Waals surface area contributed by atoms with Gasteiger partial charge in [0.1, 0.15) is 6.26 Å². The monoisotopic (exact) mass is 189 g/mol. The van der Waals surface area contributed by atoms with Crippen LogP contribution in [0.3, 0.4) is 0 Å². The fourth-order valence-electron chi connectivity index (χ4n) is 0.535. The van der Waals surface area contributed by atoms with Crippen LogP contribution in [-0.2, 0) is 0 Å². The molecule has 1 aromatic rings. The van der Waals surface area contributed by atoms with Gasteiger partial charge in [-0.3, -0.25) is 0 Å². The lowest BCUT2D eigenvalue weighted by Gasteiger charge is -2.05. The lowest BCUT2D eigenvalue weighted by atomic mass is 10.5. The SMILES string of the molecule is CN(C)c1coc(Br)c1. The number of halogens is 1. The Labute approximate surface area is 62.6 Å². The summed E-state index contributed by atoms with van der Waals surface area (Å²) in [5.74, 6) is 0. The number of anilines is 1. The van der Waals surface area contributed by atoms with Crippen LogP contribution in [0, 0.1) is 0 Å². The van der Waals surface area contributed by atoms with E-state index >= 15 is 0 Å². The van der Waals surface area contributed by atoms with Crippen LogP contribution in [0.5, 0.6) is 0 Å². The largest absolute Gasteiger partial charge is 0.455 e. The first-order chi connectivity index (χ1) is 4.20. The summed E-state index contributed by atoms with van der Waals surface area (Å²) in [6, 6.07) is 1.92. The third-order valence-corrected chi connectivity index (χ3v) is 1.49. The van der Waals surface area contributed by atoms with E-state index < -0.39 is 0 Å². The normalized spacial score (nSPS) is 9.67. The zero-order valence-corrected chi connectivity index (χ0v) is 6.97. The highest BCUT2D eigenvalue weighted by atomic mass is 79.9. The van der Waals surface area contributed by atoms with Crippen molar-refractivity contribution in [1.29, 1.82) is 0 Å². The van der Waals surface area contributed by atoms with Crippen molar-refractivity contribution >= 4 is 21.6 Å². The summed E-state index contributed by atoms with van der Waals surface area (Å²) in [6.07, 6.45) is 1.70. The molecule has 0 N–H and O–H groups in total. The highest BCUT2D eigenvalue weighted by molar-refractivity contribution is 9.10. The summed E-state index contributed by atoms with van der Waals surface area (Å²) in [5.41, 5.74) is 1.07. The minimum absolute atomic E-state index is 0.770. The lowest BCUT2D eigenvalue weighted by molar-refractivity contribution is 0.541. The Morgan fingerprint density at radius 1 is 1.56 bits per heavy atom. The van der Waals surface area contributed by atoms with Crippen LogP contribution in [0.15, 0.2) is 21.4 Å². The molecule has 0 saturated heterocycles. The van der Waals surface area contributed by atoms with Gasteiger partial charge in [0, 0.05) is 20.2 Å². The maximum Gasteiger partial charge on any atom is 0.171 e. The molecular formula is C6H8BrNO. The Morgan fingerprint density at radius 2 is 2.22 bits per heavy atom. The Morgan fingerprint density at radius 3 is 2.44 bits per heavy atom. The van der Waals surface area contributed by atoms with E-state index in [-0.39, 0.29) is 0 Å². The molecule has 0 amide bonds. The van der Waals surface area contributed by atoms with Crippen LogP contribution >= 0.6 is 15.9 Å². The third kappa shape index (κ3) is 1.48. The van der Waals surface area contributed by atoms with E-state index in [9.17, 15) is 0 Å². The quantitative estimate of drug-likeness (QED) is 0.674. The van der Waals surface area contributed by atoms with Gasteiger partial charge in [0.2, 0.25) is 0 Å². The van der Waals surface area contributed by atoms with Crippen molar-refractivity contribution in [3.63, 3.8) is 0 Å². The molecule has 0 spiro atoms. The first-order valence-electron chi connectivity index (χ1n) is 2.61. The van der Waals surface area contributed by atoms with Gasteiger partial charge in [-0.15, -0.1) is 0 Å². The Kier molecular flexibility index (Phi) is 1.81. The van der Waals surface area contributed by atoms with Crippen molar-refractivity contribution in [2.45, 2.75) is 0 Å². The molecule has 0 aliphatic rings. The second-order valence-corrected chi connectivity index (χ2v) is 2.79. The molecule has 9 heavy (non-hydrogen) atoms. The topological polar surface area (TPSA) is 16.4 Å². The van der Waals surface area contributed by atoms with E-state index in [2.05, 4.69) is 15.9 Å². The molecule has 0 fully saturated rings. The number of hydrogen-bond acceptors (Lipinski definition) is 2. The third-order valence-electron chi connectivity index (χ3n) is 1.07. The molecule has 0 bridgehead atoms. The number of rotatable bonds is 1. The van der Waals surface area contributed by atoms with Crippen molar-refractivity contribution in [3.05, 3.63) is 17.0 Å². The minimum atomic E-state index is 0.770. The zero-order valence-electron chi connectivity index (χ0n) is 5.39. The number of furan rings is 1. The van der Waals surface area contributed by atoms with E-state index in [0.717, 1.165) is 10.4 Å². The van der Waals surface area contributed by atoms with E-state index in [1.165, 1.54) is 0 Å². The molecular weight excluding hydrogens is 182 g/mol. The molecule has 0 unspecified atom stereocenters. The molecule has 50 valence electrons. The first-order valence-corrected chi connectivity index (χ1v) is 3.41. The van der Waals surface area contributed by atoms with Crippen LogP contribution in [-0.4, -0.2) is 14.1 Å². The molecule has 3 heteroatoms. The average Bonchev–Trinajstić information content (AvgIpc) is 2.14. The van der Waals surface area contributed by atoms with E-state index in [1.807, 2.05) is 25.1 Å². The zero-order chi connectivity index (χ0) is 6.85. The van der Waals surface area contributed by atoms with Crippen molar-refractivity contribution in [1.82, 2.24) is 0 Å². The molecule has 2 nitrogen and oxygen atoms in total. The van der Waals surface area contributed by atoms with Gasteiger partial charge in [-0.25, -0.2) is 0 Å². The molecule has 0 saturated carbocycles. The summed E-state index contributed by atoms with van der Waals surface area (Å²) in [7, 11) is 3.94. The summed E-state index contributed by atoms with van der Waals surface area (Å²) >= 11 is 3.21. The highest BCUT2D eigenvalue weighted by Gasteiger charge is 1.97. The predicted octanol–water partition coefficient (Wildman–Crippen LogP) is 2.11. The van der Waals surface area contributed by atoms with Gasteiger partial charge in [0.25, 0.3) is 0 Å². The van der Waals surface area contributed by atoms with Gasteiger partial charge in [0.15, 0.2) is 4.67 Å². The molecule has 1 aromatic heterocycles. The van der Waals surface area contributed by atoms with Crippen LogP contribution in [0.25, 0.3) is 0 Å². The van der Waals surface area contributed by atoms with E-state index in [0.29, 0.717) is 0 Å². The first kappa shape index (κ1) is 6.68. The highest BCUT2D eigenvalue weighted by Crippen LogP contribution is 2.19. The second-order valence-electron chi connectivity index (χ2n) is 2.00. The number of nitrogens with zero attached hydrogens (tertiary/aromatic N) is 1. The maximum absolute atomic E-state index is 5.00. The van der Waals surface area contributed by atoms with Gasteiger partial charge in [-0.2, -0.15) is 0 Å². The molecule has 0 atom stereocenters. The van der Waals surface area contributed by atoms with Gasteiger partial charge in [0.05, 0.1) is 5.69 Å². The minimum Gasteiger partial charge on any atom is -0.455 e. The summed E-state index contributed by atoms with van der Waals surface area (Å²) in [6.45, 7) is 0. The summed E-state index contributed by atoms with van der Waals surface area (Å²) in [4.78, 5) is 1.98. The van der Waals surface area contributed by atoms with Crippen LogP contribution in [0.1, 0.15) is 0 Å². The Balaban J connectivity index is 2.85. The van der Waals surface area contributed by atoms with Crippen molar-refractivity contribution < 1.29 is 4.42 Å². The van der Waals surface area contributed by atoms with Gasteiger partial charge >= 0.3 is 0 Å². The van der Waals surface area contributed by atoms with Crippen LogP contribution in [0.4, 0.5) is 5.69 Å². The van der Waals surface area contributed by atoms with Crippen molar-refractivity contribution in [2.75, 3.05) is 19.0 Å². The fourth-order valence-corrected chi connectivity index (χ4v) is 0.863. The molecule has 0 radical (unpaired) electrons. The van der Waals surface area contributed by atoms with Gasteiger partial charge < -0.3 is 9.32 Å². The van der Waals surface area contributed by atoms with Gasteiger partial charge in [-0.05, 0) is 15.9 Å². The Hall–Kier alpha value is -0.440. The fraction of sp³-hybridized carbons (Fsp3) is 0.333. The molecule has 0 aliphatic carbocycles. The Bertz CT molecular complexity index is 195. The average molecular weight is 190 g/mol. The standard InChI is InChI=1S/C6H8BrNO/c1-8(2)5-3-6(7)9-4-5/h3-4H,1-2H3. The summed E-state index contributed by atoms with van der Waals surface area (Å²) < 4.78 is 5.77. The predicted molar refractivity (Wildman–Crippen MR) is 40.7 cm³/mol. The molecule has 0 aromatic carbocycles. The van der Waals surface area contributed by atoms with Gasteiger partial charge in [-0.1, -0.05) is 0 Å². The molecule has 0 aliphatic heterocycles. The molecule has 1 rings (SSSR count). The lowest BCUT2D eigenvalue weighted by Crippen LogP contribution is -2.06.